The first-order valence-corrected chi connectivity index (χ1v) is 9.55. The zero-order chi connectivity index (χ0) is 20.3. The van der Waals surface area contributed by atoms with E-state index in [0.29, 0.717) is 17.5 Å². The van der Waals surface area contributed by atoms with Gasteiger partial charge in [-0.05, 0) is 63.3 Å². The lowest BCUT2D eigenvalue weighted by Gasteiger charge is -2.34. The number of benzene rings is 1. The number of alkyl halides is 3. The Hall–Kier alpha value is -2.29. The van der Waals surface area contributed by atoms with Gasteiger partial charge in [-0.1, -0.05) is 6.92 Å². The number of aromatic nitrogens is 2. The van der Waals surface area contributed by atoms with Gasteiger partial charge >= 0.3 is 11.9 Å². The fraction of sp³-hybridized carbons (Fsp3) is 0.579. The normalized spacial score (nSPS) is 21.5. The molecule has 1 aromatic carbocycles. The molecule has 0 amide bonds. The van der Waals surface area contributed by atoms with Crippen LogP contribution < -0.4 is 16.4 Å². The van der Waals surface area contributed by atoms with E-state index in [0.717, 1.165) is 38.3 Å². The lowest BCUT2D eigenvalue weighted by atomic mass is 9.82. The highest BCUT2D eigenvalue weighted by atomic mass is 19.4. The Morgan fingerprint density at radius 2 is 2.00 bits per heavy atom. The SMILES string of the molecule is CCNC1CCC([C@H](C)Nc2cc(-c3n[nH]c(=O)o3)ccc2C(F)(F)F)CC1. The van der Waals surface area contributed by atoms with E-state index in [-0.39, 0.29) is 17.6 Å². The lowest BCUT2D eigenvalue weighted by molar-refractivity contribution is -0.137. The minimum absolute atomic E-state index is 0.0306. The van der Waals surface area contributed by atoms with Crippen LogP contribution in [-0.4, -0.2) is 28.8 Å². The Balaban J connectivity index is 1.80. The third-order valence-corrected chi connectivity index (χ3v) is 5.36. The maximum Gasteiger partial charge on any atom is 0.434 e. The van der Waals surface area contributed by atoms with Crippen LogP contribution >= 0.6 is 0 Å². The zero-order valence-electron chi connectivity index (χ0n) is 15.9. The minimum atomic E-state index is -4.49. The van der Waals surface area contributed by atoms with Crippen molar-refractivity contribution in [3.05, 3.63) is 34.3 Å². The van der Waals surface area contributed by atoms with Crippen LogP contribution in [-0.2, 0) is 6.18 Å². The summed E-state index contributed by atoms with van der Waals surface area (Å²) in [5.74, 6) is -0.501. The Morgan fingerprint density at radius 3 is 2.57 bits per heavy atom. The molecule has 1 atom stereocenters. The van der Waals surface area contributed by atoms with Crippen molar-refractivity contribution in [1.82, 2.24) is 15.5 Å². The molecule has 28 heavy (non-hydrogen) atoms. The highest BCUT2D eigenvalue weighted by Crippen LogP contribution is 2.38. The van der Waals surface area contributed by atoms with Crippen molar-refractivity contribution in [2.75, 3.05) is 11.9 Å². The van der Waals surface area contributed by atoms with Gasteiger partial charge in [0.15, 0.2) is 0 Å². The Kier molecular flexibility index (Phi) is 6.12. The van der Waals surface area contributed by atoms with Gasteiger partial charge in [0.05, 0.1) is 5.56 Å². The smallest absolute Gasteiger partial charge is 0.388 e. The number of rotatable bonds is 6. The predicted octanol–water partition coefficient (Wildman–Crippen LogP) is 4.02. The maximum absolute atomic E-state index is 13.5. The van der Waals surface area contributed by atoms with E-state index in [4.69, 9.17) is 4.42 Å². The summed E-state index contributed by atoms with van der Waals surface area (Å²) >= 11 is 0. The van der Waals surface area contributed by atoms with Crippen molar-refractivity contribution in [1.29, 1.82) is 0 Å². The molecule has 3 rings (SSSR count). The molecule has 1 fully saturated rings. The van der Waals surface area contributed by atoms with Gasteiger partial charge in [0.1, 0.15) is 0 Å². The van der Waals surface area contributed by atoms with E-state index in [2.05, 4.69) is 27.8 Å². The van der Waals surface area contributed by atoms with Gasteiger partial charge in [-0.25, -0.2) is 9.89 Å². The van der Waals surface area contributed by atoms with Crippen LogP contribution in [0.4, 0.5) is 18.9 Å². The van der Waals surface area contributed by atoms with Crippen molar-refractivity contribution in [3.8, 4) is 11.5 Å². The molecule has 1 aromatic heterocycles. The van der Waals surface area contributed by atoms with E-state index < -0.39 is 17.5 Å². The number of hydrogen-bond acceptors (Lipinski definition) is 5. The third kappa shape index (κ3) is 4.76. The molecular formula is C19H25F3N4O2. The molecule has 0 radical (unpaired) electrons. The number of hydrogen-bond donors (Lipinski definition) is 3. The highest BCUT2D eigenvalue weighted by Gasteiger charge is 2.35. The van der Waals surface area contributed by atoms with Gasteiger partial charge in [0.25, 0.3) is 0 Å². The molecule has 0 unspecified atom stereocenters. The topological polar surface area (TPSA) is 83.0 Å². The van der Waals surface area contributed by atoms with Crippen molar-refractivity contribution in [2.24, 2.45) is 5.92 Å². The van der Waals surface area contributed by atoms with Gasteiger partial charge in [0.2, 0.25) is 5.89 Å². The van der Waals surface area contributed by atoms with Gasteiger partial charge < -0.3 is 15.1 Å². The quantitative estimate of drug-likeness (QED) is 0.685. The van der Waals surface area contributed by atoms with Gasteiger partial charge in [-0.2, -0.15) is 13.2 Å². The molecule has 0 aliphatic heterocycles. The van der Waals surface area contributed by atoms with Crippen LogP contribution in [0.5, 0.6) is 0 Å². The van der Waals surface area contributed by atoms with E-state index in [1.807, 2.05) is 6.92 Å². The monoisotopic (exact) mass is 398 g/mol. The van der Waals surface area contributed by atoms with Gasteiger partial charge in [-0.3, -0.25) is 0 Å². The molecule has 0 saturated heterocycles. The highest BCUT2D eigenvalue weighted by molar-refractivity contribution is 5.65. The fourth-order valence-corrected chi connectivity index (χ4v) is 3.87. The summed E-state index contributed by atoms with van der Waals surface area (Å²) in [5.41, 5.74) is -0.476. The second-order valence-electron chi connectivity index (χ2n) is 7.28. The van der Waals surface area contributed by atoms with Gasteiger partial charge in [0, 0.05) is 23.3 Å². The molecule has 3 N–H and O–H groups in total. The van der Waals surface area contributed by atoms with Gasteiger partial charge in [-0.15, -0.1) is 5.10 Å². The number of H-pyrrole nitrogens is 1. The van der Waals surface area contributed by atoms with Crippen LogP contribution in [0.2, 0.25) is 0 Å². The minimum Gasteiger partial charge on any atom is -0.388 e. The summed E-state index contributed by atoms with van der Waals surface area (Å²) in [6.45, 7) is 4.91. The molecular weight excluding hydrogens is 373 g/mol. The van der Waals surface area contributed by atoms with E-state index >= 15 is 0 Å². The first kappa shape index (κ1) is 20.4. The molecule has 6 nitrogen and oxygen atoms in total. The standard InChI is InChI=1S/C19H25F3N4O2/c1-3-23-14-7-4-12(5-8-14)11(2)24-16-10-13(17-25-26-18(27)28-17)6-9-15(16)19(20,21)22/h6,9-12,14,23-24H,3-5,7-8H2,1-2H3,(H,26,27)/t11-,12?,14?/m0/s1. The molecule has 154 valence electrons. The first-order chi connectivity index (χ1) is 13.3. The van der Waals surface area contributed by atoms with Crippen molar-refractivity contribution >= 4 is 5.69 Å². The second kappa shape index (κ2) is 8.38. The molecule has 9 heteroatoms. The number of halogens is 3. The molecule has 1 heterocycles. The number of anilines is 1. The number of aromatic amines is 1. The summed E-state index contributed by atoms with van der Waals surface area (Å²) in [7, 11) is 0. The van der Waals surface area contributed by atoms with E-state index in [1.165, 1.54) is 12.1 Å². The Labute approximate surface area is 160 Å². The molecule has 1 aliphatic rings. The van der Waals surface area contributed by atoms with Crippen LogP contribution in [0.25, 0.3) is 11.5 Å². The lowest BCUT2D eigenvalue weighted by Crippen LogP contribution is -2.37. The van der Waals surface area contributed by atoms with Crippen LogP contribution in [0, 0.1) is 5.92 Å². The van der Waals surface area contributed by atoms with E-state index in [9.17, 15) is 18.0 Å². The summed E-state index contributed by atoms with van der Waals surface area (Å²) in [6.07, 6.45) is -0.526. The van der Waals surface area contributed by atoms with Crippen LogP contribution in [0.3, 0.4) is 0 Å². The third-order valence-electron chi connectivity index (χ3n) is 5.36. The Morgan fingerprint density at radius 1 is 1.29 bits per heavy atom. The summed E-state index contributed by atoms with van der Waals surface area (Å²) < 4.78 is 45.3. The molecule has 0 spiro atoms. The Bertz CT molecular complexity index is 838. The van der Waals surface area contributed by atoms with Crippen molar-refractivity contribution < 1.29 is 17.6 Å². The molecule has 1 aliphatic carbocycles. The number of nitrogens with zero attached hydrogens (tertiary/aromatic N) is 1. The fourth-order valence-electron chi connectivity index (χ4n) is 3.87. The molecule has 2 aromatic rings. The van der Waals surface area contributed by atoms with Crippen LogP contribution in [0.15, 0.2) is 27.4 Å². The average Bonchev–Trinajstić information content (AvgIpc) is 3.08. The van der Waals surface area contributed by atoms with Crippen LogP contribution in [0.1, 0.15) is 45.1 Å². The predicted molar refractivity (Wildman–Crippen MR) is 100 cm³/mol. The number of nitrogens with one attached hydrogen (secondary N) is 3. The average molecular weight is 398 g/mol. The first-order valence-electron chi connectivity index (χ1n) is 9.55. The molecule has 0 bridgehead atoms. The zero-order valence-corrected chi connectivity index (χ0v) is 15.9. The second-order valence-corrected chi connectivity index (χ2v) is 7.28. The summed E-state index contributed by atoms with van der Waals surface area (Å²) in [5, 5.41) is 12.3. The largest absolute Gasteiger partial charge is 0.434 e. The summed E-state index contributed by atoms with van der Waals surface area (Å²) in [6, 6.07) is 3.94. The van der Waals surface area contributed by atoms with Crippen molar-refractivity contribution in [2.45, 2.75) is 57.8 Å². The summed E-state index contributed by atoms with van der Waals surface area (Å²) in [4.78, 5) is 11.1. The van der Waals surface area contributed by atoms with E-state index in [1.54, 1.807) is 0 Å². The maximum atomic E-state index is 13.5. The molecule has 1 saturated carbocycles. The van der Waals surface area contributed by atoms with Crippen molar-refractivity contribution in [3.63, 3.8) is 0 Å².